The maximum Gasteiger partial charge on any atom is 0.257 e. The second-order valence-corrected chi connectivity index (χ2v) is 13.0. The number of nitrogens with one attached hydrogen (secondary N) is 1. The van der Waals surface area contributed by atoms with Crippen LogP contribution < -0.4 is 5.32 Å². The Hall–Kier alpha value is -2.46. The Kier molecular flexibility index (Phi) is 8.82. The second kappa shape index (κ2) is 11.7. The van der Waals surface area contributed by atoms with Crippen molar-refractivity contribution in [3.63, 3.8) is 0 Å². The molecule has 0 atom stereocenters. The summed E-state index contributed by atoms with van der Waals surface area (Å²) in [4.78, 5) is 29.1. The number of aliphatic imine (C=N–C) groups is 1. The summed E-state index contributed by atoms with van der Waals surface area (Å²) in [5, 5.41) is 2.96. The summed E-state index contributed by atoms with van der Waals surface area (Å²) in [6.45, 7) is 3.96. The number of amidine groups is 1. The number of sulfonamides is 1. The first-order chi connectivity index (χ1) is 18.0. The first-order valence-corrected chi connectivity index (χ1v) is 15.0. The van der Waals surface area contributed by atoms with Crippen molar-refractivity contribution in [1.82, 2.24) is 9.62 Å². The third-order valence-corrected chi connectivity index (χ3v) is 9.99. The average molecular weight is 550 g/mol. The van der Waals surface area contributed by atoms with Crippen molar-refractivity contribution < 1.29 is 26.8 Å². The highest BCUT2D eigenvalue weighted by molar-refractivity contribution is 7.89. The molecule has 1 saturated heterocycles. The number of hydrogen-bond donors (Lipinski definition) is 1. The minimum atomic E-state index is -3.50. The van der Waals surface area contributed by atoms with Gasteiger partial charge in [0.15, 0.2) is 0 Å². The van der Waals surface area contributed by atoms with Gasteiger partial charge in [-0.05, 0) is 87.5 Å². The predicted octanol–water partition coefficient (Wildman–Crippen LogP) is 3.99. The third-order valence-electron chi connectivity index (χ3n) is 8.12. The van der Waals surface area contributed by atoms with Crippen LogP contribution in [0.5, 0.6) is 0 Å². The number of halogens is 2. The molecule has 1 N–H and O–H groups in total. The van der Waals surface area contributed by atoms with E-state index in [1.54, 1.807) is 13.0 Å². The standard InChI is InChI=1S/C28H37F2N3O4S/c1-19-17-22(18-20(2)34)5-7-23(19)11-16-38(36,37)33-14-12-28(13-15-33)27(35)31-26(32-28)24-8-3-21(4-9-24)6-10-25(29)30/h5-7,10,17,21,24-25H,3-4,8-9,11-16,18H2,1-2H3,(H,31,32,35)/b10-6+. The Labute approximate surface area is 223 Å². The quantitative estimate of drug-likeness (QED) is 0.471. The van der Waals surface area contributed by atoms with Gasteiger partial charge in [0.1, 0.15) is 17.2 Å². The van der Waals surface area contributed by atoms with Gasteiger partial charge in [-0.3, -0.25) is 14.6 Å². The van der Waals surface area contributed by atoms with Gasteiger partial charge < -0.3 is 5.32 Å². The van der Waals surface area contributed by atoms with Crippen LogP contribution in [0.2, 0.25) is 0 Å². The summed E-state index contributed by atoms with van der Waals surface area (Å²) in [7, 11) is -3.50. The summed E-state index contributed by atoms with van der Waals surface area (Å²) >= 11 is 0. The van der Waals surface area contributed by atoms with Crippen molar-refractivity contribution in [2.24, 2.45) is 16.8 Å². The van der Waals surface area contributed by atoms with Gasteiger partial charge in [-0.15, -0.1) is 0 Å². The molecule has 1 aromatic carbocycles. The van der Waals surface area contributed by atoms with Gasteiger partial charge in [0, 0.05) is 25.4 Å². The lowest BCUT2D eigenvalue weighted by molar-refractivity contribution is -0.125. The molecule has 0 unspecified atom stereocenters. The second-order valence-electron chi connectivity index (χ2n) is 10.9. The lowest BCUT2D eigenvalue weighted by Crippen LogP contribution is -2.51. The van der Waals surface area contributed by atoms with Gasteiger partial charge in [-0.2, -0.15) is 0 Å². The molecular weight excluding hydrogens is 512 g/mol. The number of alkyl halides is 2. The van der Waals surface area contributed by atoms with Gasteiger partial charge in [-0.25, -0.2) is 21.5 Å². The van der Waals surface area contributed by atoms with Gasteiger partial charge >= 0.3 is 0 Å². The molecular formula is C28H37F2N3O4S. The molecule has 1 saturated carbocycles. The Morgan fingerprint density at radius 1 is 1.21 bits per heavy atom. The maximum absolute atomic E-state index is 13.1. The molecule has 38 heavy (non-hydrogen) atoms. The van der Waals surface area contributed by atoms with Crippen molar-refractivity contribution >= 4 is 27.5 Å². The molecule has 2 aliphatic heterocycles. The first-order valence-electron chi connectivity index (χ1n) is 13.4. The largest absolute Gasteiger partial charge is 0.312 e. The van der Waals surface area contributed by atoms with Crippen molar-refractivity contribution in [3.05, 3.63) is 47.0 Å². The fourth-order valence-electron chi connectivity index (χ4n) is 5.84. The van der Waals surface area contributed by atoms with Crippen LogP contribution in [-0.2, 0) is 32.5 Å². The minimum absolute atomic E-state index is 0.0170. The summed E-state index contributed by atoms with van der Waals surface area (Å²) in [6, 6.07) is 5.72. The molecule has 1 spiro atoms. The van der Waals surface area contributed by atoms with E-state index in [9.17, 15) is 26.8 Å². The zero-order valence-corrected chi connectivity index (χ0v) is 22.9. The van der Waals surface area contributed by atoms with E-state index in [2.05, 4.69) is 5.32 Å². The third kappa shape index (κ3) is 6.75. The zero-order chi connectivity index (χ0) is 27.5. The van der Waals surface area contributed by atoms with Crippen LogP contribution in [0, 0.1) is 18.8 Å². The highest BCUT2D eigenvalue weighted by Crippen LogP contribution is 2.36. The van der Waals surface area contributed by atoms with Gasteiger partial charge in [0.2, 0.25) is 10.0 Å². The summed E-state index contributed by atoms with van der Waals surface area (Å²) in [5.41, 5.74) is 1.92. The van der Waals surface area contributed by atoms with Crippen LogP contribution in [0.25, 0.3) is 0 Å². The summed E-state index contributed by atoms with van der Waals surface area (Å²) < 4.78 is 52.5. The molecule has 208 valence electrons. The molecule has 0 bridgehead atoms. The normalized spacial score (nSPS) is 24.2. The fraction of sp³-hybridized carbons (Fsp3) is 0.607. The predicted molar refractivity (Wildman–Crippen MR) is 143 cm³/mol. The molecule has 1 aliphatic carbocycles. The highest BCUT2D eigenvalue weighted by Gasteiger charge is 2.48. The fourth-order valence-corrected chi connectivity index (χ4v) is 7.31. The number of amides is 1. The van der Waals surface area contributed by atoms with Crippen molar-refractivity contribution in [3.8, 4) is 0 Å². The summed E-state index contributed by atoms with van der Waals surface area (Å²) in [5.74, 6) is 0.805. The van der Waals surface area contributed by atoms with E-state index < -0.39 is 22.0 Å². The van der Waals surface area contributed by atoms with E-state index in [0.29, 0.717) is 31.5 Å². The van der Waals surface area contributed by atoms with Crippen LogP contribution in [0.4, 0.5) is 8.78 Å². The molecule has 2 fully saturated rings. The van der Waals surface area contributed by atoms with Crippen LogP contribution in [0.3, 0.4) is 0 Å². The topological polar surface area (TPSA) is 95.9 Å². The Bertz CT molecular complexity index is 1210. The van der Waals surface area contributed by atoms with Crippen LogP contribution >= 0.6 is 0 Å². The monoisotopic (exact) mass is 549 g/mol. The van der Waals surface area contributed by atoms with Crippen molar-refractivity contribution in [2.45, 2.75) is 77.2 Å². The number of aryl methyl sites for hydroxylation is 2. The Morgan fingerprint density at radius 2 is 1.89 bits per heavy atom. The van der Waals surface area contributed by atoms with E-state index in [1.807, 2.05) is 25.1 Å². The molecule has 1 aromatic rings. The summed E-state index contributed by atoms with van der Waals surface area (Å²) in [6.07, 6.45) is 4.66. The number of nitrogens with zero attached hydrogens (tertiary/aromatic N) is 2. The minimum Gasteiger partial charge on any atom is -0.312 e. The van der Waals surface area contributed by atoms with E-state index in [0.717, 1.165) is 48.4 Å². The molecule has 3 aliphatic rings. The van der Waals surface area contributed by atoms with E-state index in [4.69, 9.17) is 4.99 Å². The molecule has 7 nitrogen and oxygen atoms in total. The molecule has 10 heteroatoms. The number of Topliss-reactive ketones (excluding diaryl/α,β-unsaturated/α-hetero) is 1. The average Bonchev–Trinajstić information content (AvgIpc) is 3.17. The maximum atomic E-state index is 13.1. The zero-order valence-electron chi connectivity index (χ0n) is 22.1. The molecule has 2 heterocycles. The van der Waals surface area contributed by atoms with Gasteiger partial charge in [0.25, 0.3) is 12.3 Å². The number of ketones is 1. The number of allylic oxidation sites excluding steroid dienone is 2. The molecule has 4 rings (SSSR count). The van der Waals surface area contributed by atoms with Crippen LogP contribution in [0.1, 0.15) is 62.1 Å². The van der Waals surface area contributed by atoms with Crippen LogP contribution in [-0.4, -0.2) is 61.1 Å². The SMILES string of the molecule is CC(=O)Cc1ccc(CCS(=O)(=O)N2CCC3(CC2)N=C(C2CCC(/C=C/C(F)F)CC2)NC3=O)c(C)c1. The number of carbonyl (C=O) groups is 2. The van der Waals surface area contributed by atoms with E-state index >= 15 is 0 Å². The molecule has 0 radical (unpaired) electrons. The van der Waals surface area contributed by atoms with E-state index in [-0.39, 0.29) is 42.4 Å². The number of benzene rings is 1. The molecule has 1 amide bonds. The van der Waals surface area contributed by atoms with Crippen LogP contribution in [0.15, 0.2) is 35.3 Å². The van der Waals surface area contributed by atoms with Gasteiger partial charge in [0.05, 0.1) is 5.75 Å². The number of piperidine rings is 1. The number of hydrogen-bond acceptors (Lipinski definition) is 5. The Morgan fingerprint density at radius 3 is 2.50 bits per heavy atom. The lowest BCUT2D eigenvalue weighted by Gasteiger charge is -2.34. The van der Waals surface area contributed by atoms with Gasteiger partial charge in [-0.1, -0.05) is 24.3 Å². The van der Waals surface area contributed by atoms with Crippen molar-refractivity contribution in [2.75, 3.05) is 18.8 Å². The Balaban J connectivity index is 1.32. The highest BCUT2D eigenvalue weighted by atomic mass is 32.2. The van der Waals surface area contributed by atoms with E-state index in [1.165, 1.54) is 4.31 Å². The number of rotatable bonds is 9. The lowest BCUT2D eigenvalue weighted by atomic mass is 9.81. The first kappa shape index (κ1) is 28.5. The molecule has 0 aromatic heterocycles. The number of carbonyl (C=O) groups excluding carboxylic acids is 2. The van der Waals surface area contributed by atoms with Crippen molar-refractivity contribution in [1.29, 1.82) is 0 Å². The smallest absolute Gasteiger partial charge is 0.257 e.